The van der Waals surface area contributed by atoms with Crippen molar-refractivity contribution in [3.05, 3.63) is 23.8 Å². The topological polar surface area (TPSA) is 73.6 Å². The van der Waals surface area contributed by atoms with Crippen LogP contribution in [-0.4, -0.2) is 31.3 Å². The number of anilines is 1. The fourth-order valence-corrected chi connectivity index (χ4v) is 2.99. The highest BCUT2D eigenvalue weighted by molar-refractivity contribution is 6.02. The number of hydrogen-bond acceptors (Lipinski definition) is 4. The molecule has 2 aliphatic heterocycles. The van der Waals surface area contributed by atoms with E-state index in [1.807, 2.05) is 0 Å². The van der Waals surface area contributed by atoms with E-state index in [1.165, 1.54) is 7.11 Å². The number of amides is 1. The molecular weight excluding hydrogens is 244 g/mol. The maximum absolute atomic E-state index is 12.4. The second kappa shape index (κ2) is 4.74. The van der Waals surface area contributed by atoms with Gasteiger partial charge in [0, 0.05) is 5.69 Å². The first kappa shape index (κ1) is 12.3. The standard InChI is InChI=1S/C14H18N2O3/c1-18-12-4-2-3-9(15)13(12)14(17)16-10-7-8-5-6-11(10)19-8/h2-4,8,10-11H,5-7,15H2,1H3,(H,16,17). The molecule has 0 aromatic heterocycles. The minimum Gasteiger partial charge on any atom is -0.496 e. The number of ether oxygens (including phenoxy) is 2. The molecule has 5 heteroatoms. The number of nitrogen functional groups attached to an aromatic ring is 1. The Hall–Kier alpha value is -1.75. The highest BCUT2D eigenvalue weighted by Crippen LogP contribution is 2.35. The Morgan fingerprint density at radius 3 is 2.95 bits per heavy atom. The van der Waals surface area contributed by atoms with Gasteiger partial charge in [-0.25, -0.2) is 0 Å². The second-order valence-electron chi connectivity index (χ2n) is 5.11. The molecule has 1 aromatic carbocycles. The SMILES string of the molecule is COc1cccc(N)c1C(=O)NC1CC2CCC1O2. The Balaban J connectivity index is 1.77. The van der Waals surface area contributed by atoms with Crippen LogP contribution in [0.5, 0.6) is 5.75 Å². The average Bonchev–Trinajstić information content (AvgIpc) is 3.00. The summed E-state index contributed by atoms with van der Waals surface area (Å²) in [4.78, 5) is 12.4. The third-order valence-corrected chi connectivity index (χ3v) is 3.93. The first-order valence-corrected chi connectivity index (χ1v) is 6.58. The van der Waals surface area contributed by atoms with Crippen molar-refractivity contribution in [2.75, 3.05) is 12.8 Å². The zero-order chi connectivity index (χ0) is 13.4. The van der Waals surface area contributed by atoms with Crippen molar-refractivity contribution >= 4 is 11.6 Å². The number of nitrogens with one attached hydrogen (secondary N) is 1. The van der Waals surface area contributed by atoms with Crippen LogP contribution in [0.25, 0.3) is 0 Å². The van der Waals surface area contributed by atoms with Gasteiger partial charge in [0.1, 0.15) is 11.3 Å². The maximum Gasteiger partial charge on any atom is 0.257 e. The Morgan fingerprint density at radius 2 is 2.32 bits per heavy atom. The number of benzene rings is 1. The monoisotopic (exact) mass is 262 g/mol. The number of carbonyl (C=O) groups is 1. The fourth-order valence-electron chi connectivity index (χ4n) is 2.99. The molecule has 2 saturated heterocycles. The Kier molecular flexibility index (Phi) is 3.06. The molecular formula is C14H18N2O3. The summed E-state index contributed by atoms with van der Waals surface area (Å²) in [5.41, 5.74) is 6.72. The van der Waals surface area contributed by atoms with Gasteiger partial charge in [-0.1, -0.05) is 6.07 Å². The zero-order valence-corrected chi connectivity index (χ0v) is 10.9. The molecule has 2 heterocycles. The lowest BCUT2D eigenvalue weighted by molar-refractivity contribution is 0.0839. The largest absolute Gasteiger partial charge is 0.496 e. The predicted octanol–water partition coefficient (Wildman–Crippen LogP) is 1.33. The Morgan fingerprint density at radius 1 is 1.47 bits per heavy atom. The molecule has 2 bridgehead atoms. The summed E-state index contributed by atoms with van der Waals surface area (Å²) in [5.74, 6) is 0.317. The van der Waals surface area contributed by atoms with Crippen LogP contribution in [0.4, 0.5) is 5.69 Å². The van der Waals surface area contributed by atoms with Crippen molar-refractivity contribution in [3.8, 4) is 5.75 Å². The van der Waals surface area contributed by atoms with E-state index in [2.05, 4.69) is 5.32 Å². The number of hydrogen-bond donors (Lipinski definition) is 2. The molecule has 0 saturated carbocycles. The fraction of sp³-hybridized carbons (Fsp3) is 0.500. The number of methoxy groups -OCH3 is 1. The molecule has 0 aliphatic carbocycles. The number of fused-ring (bicyclic) bond motifs is 2. The minimum atomic E-state index is -0.184. The molecule has 3 rings (SSSR count). The van der Waals surface area contributed by atoms with Crippen molar-refractivity contribution in [2.24, 2.45) is 0 Å². The van der Waals surface area contributed by atoms with Crippen molar-refractivity contribution in [1.29, 1.82) is 0 Å². The highest BCUT2D eigenvalue weighted by atomic mass is 16.5. The van der Waals surface area contributed by atoms with Crippen molar-refractivity contribution in [3.63, 3.8) is 0 Å². The first-order valence-electron chi connectivity index (χ1n) is 6.58. The number of nitrogens with two attached hydrogens (primary N) is 1. The van der Waals surface area contributed by atoms with Crippen LogP contribution in [0.2, 0.25) is 0 Å². The Labute approximate surface area is 112 Å². The maximum atomic E-state index is 12.4. The normalized spacial score (nSPS) is 28.4. The van der Waals surface area contributed by atoms with E-state index in [4.69, 9.17) is 15.2 Å². The van der Waals surface area contributed by atoms with Crippen LogP contribution in [0.1, 0.15) is 29.6 Å². The van der Waals surface area contributed by atoms with Crippen molar-refractivity contribution < 1.29 is 14.3 Å². The van der Waals surface area contributed by atoms with Crippen LogP contribution in [0, 0.1) is 0 Å². The quantitative estimate of drug-likeness (QED) is 0.806. The smallest absolute Gasteiger partial charge is 0.257 e. The van der Waals surface area contributed by atoms with Gasteiger partial charge in [0.2, 0.25) is 0 Å². The molecule has 102 valence electrons. The van der Waals surface area contributed by atoms with Gasteiger partial charge in [0.25, 0.3) is 5.91 Å². The van der Waals surface area contributed by atoms with Crippen LogP contribution in [0.3, 0.4) is 0 Å². The molecule has 3 atom stereocenters. The van der Waals surface area contributed by atoms with Gasteiger partial charge in [-0.2, -0.15) is 0 Å². The van der Waals surface area contributed by atoms with E-state index < -0.39 is 0 Å². The zero-order valence-electron chi connectivity index (χ0n) is 10.9. The van der Waals surface area contributed by atoms with E-state index in [0.29, 0.717) is 23.1 Å². The summed E-state index contributed by atoms with van der Waals surface area (Å²) in [6.45, 7) is 0. The molecule has 3 unspecified atom stereocenters. The van der Waals surface area contributed by atoms with Gasteiger partial charge in [0.05, 0.1) is 25.4 Å². The molecule has 1 amide bonds. The van der Waals surface area contributed by atoms with E-state index in [9.17, 15) is 4.79 Å². The number of carbonyl (C=O) groups excluding carboxylic acids is 1. The number of rotatable bonds is 3. The summed E-state index contributed by atoms with van der Waals surface area (Å²) in [6.07, 6.45) is 3.49. The van der Waals surface area contributed by atoms with E-state index in [1.54, 1.807) is 18.2 Å². The van der Waals surface area contributed by atoms with Gasteiger partial charge in [-0.3, -0.25) is 4.79 Å². The summed E-state index contributed by atoms with van der Waals surface area (Å²) < 4.78 is 10.9. The van der Waals surface area contributed by atoms with E-state index in [0.717, 1.165) is 19.3 Å². The molecule has 1 aromatic rings. The lowest BCUT2D eigenvalue weighted by Crippen LogP contribution is -2.41. The van der Waals surface area contributed by atoms with Gasteiger partial charge < -0.3 is 20.5 Å². The van der Waals surface area contributed by atoms with Crippen molar-refractivity contribution in [1.82, 2.24) is 5.32 Å². The van der Waals surface area contributed by atoms with Gasteiger partial charge in [-0.05, 0) is 31.4 Å². The van der Waals surface area contributed by atoms with Gasteiger partial charge in [-0.15, -0.1) is 0 Å². The summed E-state index contributed by atoms with van der Waals surface area (Å²) in [7, 11) is 1.53. The Bertz CT molecular complexity index is 503. The molecule has 0 radical (unpaired) electrons. The van der Waals surface area contributed by atoms with Crippen LogP contribution < -0.4 is 15.8 Å². The predicted molar refractivity (Wildman–Crippen MR) is 71.2 cm³/mol. The lowest BCUT2D eigenvalue weighted by Gasteiger charge is -2.21. The molecule has 5 nitrogen and oxygen atoms in total. The second-order valence-corrected chi connectivity index (χ2v) is 5.11. The molecule has 2 fully saturated rings. The minimum absolute atomic E-state index is 0.0931. The average molecular weight is 262 g/mol. The molecule has 2 aliphatic rings. The third-order valence-electron chi connectivity index (χ3n) is 3.93. The third kappa shape index (κ3) is 2.14. The van der Waals surface area contributed by atoms with E-state index in [-0.39, 0.29) is 18.1 Å². The summed E-state index contributed by atoms with van der Waals surface area (Å²) >= 11 is 0. The van der Waals surface area contributed by atoms with Crippen LogP contribution >= 0.6 is 0 Å². The van der Waals surface area contributed by atoms with Crippen LogP contribution in [-0.2, 0) is 4.74 Å². The van der Waals surface area contributed by atoms with Gasteiger partial charge in [0.15, 0.2) is 0 Å². The summed E-state index contributed by atoms with van der Waals surface area (Å²) in [5, 5.41) is 3.02. The molecule has 0 spiro atoms. The summed E-state index contributed by atoms with van der Waals surface area (Å²) in [6, 6.07) is 5.30. The van der Waals surface area contributed by atoms with Crippen molar-refractivity contribution in [2.45, 2.75) is 37.5 Å². The highest BCUT2D eigenvalue weighted by Gasteiger charge is 2.41. The lowest BCUT2D eigenvalue weighted by atomic mass is 9.95. The van der Waals surface area contributed by atoms with Gasteiger partial charge >= 0.3 is 0 Å². The van der Waals surface area contributed by atoms with E-state index >= 15 is 0 Å². The molecule has 19 heavy (non-hydrogen) atoms. The first-order chi connectivity index (χ1) is 9.19. The van der Waals surface area contributed by atoms with Crippen LogP contribution in [0.15, 0.2) is 18.2 Å². The molecule has 3 N–H and O–H groups in total.